The van der Waals surface area contributed by atoms with Crippen molar-refractivity contribution in [2.45, 2.75) is 33.2 Å². The van der Waals surface area contributed by atoms with E-state index in [2.05, 4.69) is 31.7 Å². The van der Waals surface area contributed by atoms with Crippen LogP contribution in [0.2, 0.25) is 0 Å². The van der Waals surface area contributed by atoms with E-state index in [1.54, 1.807) is 18.2 Å². The number of carbonyl (C=O) groups is 1. The molecule has 0 saturated heterocycles. The minimum Gasteiger partial charge on any atom is -0.422 e. The average molecular weight is 373 g/mol. The van der Waals surface area contributed by atoms with E-state index in [4.69, 9.17) is 4.42 Å². The molecule has 28 heavy (non-hydrogen) atoms. The highest BCUT2D eigenvalue weighted by Gasteiger charge is 2.29. The zero-order valence-electron chi connectivity index (χ0n) is 16.8. The summed E-state index contributed by atoms with van der Waals surface area (Å²) in [6.07, 6.45) is 2.22. The summed E-state index contributed by atoms with van der Waals surface area (Å²) >= 11 is 0. The van der Waals surface area contributed by atoms with Gasteiger partial charge in [0.1, 0.15) is 11.1 Å². The molecule has 0 saturated carbocycles. The zero-order valence-corrected chi connectivity index (χ0v) is 16.8. The van der Waals surface area contributed by atoms with Gasteiger partial charge in [-0.15, -0.1) is 0 Å². The third-order valence-electron chi connectivity index (χ3n) is 5.71. The van der Waals surface area contributed by atoms with Gasteiger partial charge in [0.15, 0.2) is 0 Å². The van der Waals surface area contributed by atoms with Crippen LogP contribution in [0.3, 0.4) is 0 Å². The van der Waals surface area contributed by atoms with Gasteiger partial charge in [0, 0.05) is 35.3 Å². The first-order chi connectivity index (χ1) is 13.2. The van der Waals surface area contributed by atoms with Gasteiger partial charge in [0.05, 0.1) is 5.54 Å². The van der Waals surface area contributed by atoms with Gasteiger partial charge in [-0.25, -0.2) is 4.79 Å². The fourth-order valence-electron chi connectivity index (χ4n) is 3.90. The molecule has 0 bridgehead atoms. The molecule has 0 unspecified atom stereocenters. The maximum absolute atomic E-state index is 12.9. The quantitative estimate of drug-likeness (QED) is 0.470. The molecular formula is C24H23NO3. The van der Waals surface area contributed by atoms with Crippen molar-refractivity contribution in [3.05, 3.63) is 81.2 Å². The lowest BCUT2D eigenvalue weighted by atomic mass is 9.88. The Balaban J connectivity index is 1.91. The third kappa shape index (κ3) is 2.76. The fourth-order valence-corrected chi connectivity index (χ4v) is 3.90. The van der Waals surface area contributed by atoms with Crippen LogP contribution in [0.4, 0.5) is 5.69 Å². The molecule has 0 aliphatic carbocycles. The van der Waals surface area contributed by atoms with Gasteiger partial charge >= 0.3 is 5.63 Å². The number of anilines is 1. The Kier molecular flexibility index (Phi) is 4.03. The number of rotatable bonds is 2. The Hall–Kier alpha value is -3.14. The van der Waals surface area contributed by atoms with E-state index in [-0.39, 0.29) is 16.9 Å². The predicted molar refractivity (Wildman–Crippen MR) is 113 cm³/mol. The molecule has 0 spiro atoms. The van der Waals surface area contributed by atoms with Crippen LogP contribution >= 0.6 is 0 Å². The summed E-state index contributed by atoms with van der Waals surface area (Å²) in [7, 11) is 2.03. The van der Waals surface area contributed by atoms with Crippen LogP contribution in [0.5, 0.6) is 0 Å². The standard InChI is InChI=1S/C24H23NO3/c1-14-8-6-7-9-17(14)22(26)19-11-16-10-18-15(2)13-24(3,4)25(5)20(18)12-21(16)28-23(19)27/h6-13H,1-5H3. The SMILES string of the molecule is CC1=CC(C)(C)N(C)c2cc3oc(=O)c(C(=O)c4ccccc4C)cc3cc21. The largest absolute Gasteiger partial charge is 0.422 e. The molecule has 1 aliphatic heterocycles. The molecule has 0 fully saturated rings. The molecular weight excluding hydrogens is 350 g/mol. The molecule has 1 aliphatic rings. The van der Waals surface area contributed by atoms with Crippen molar-refractivity contribution in [3.63, 3.8) is 0 Å². The minimum absolute atomic E-state index is 0.0628. The second-order valence-corrected chi connectivity index (χ2v) is 8.04. The number of aryl methyl sites for hydroxylation is 1. The van der Waals surface area contributed by atoms with E-state index in [1.165, 1.54) is 0 Å². The number of likely N-dealkylation sites (N-methyl/N-ethyl adjacent to an activating group) is 1. The number of benzene rings is 2. The summed E-state index contributed by atoms with van der Waals surface area (Å²) in [5, 5.41) is 0.746. The molecule has 0 atom stereocenters. The van der Waals surface area contributed by atoms with Gasteiger partial charge in [-0.3, -0.25) is 4.79 Å². The predicted octanol–water partition coefficient (Wildman–Crippen LogP) is 4.96. The van der Waals surface area contributed by atoms with Crippen LogP contribution in [0, 0.1) is 6.92 Å². The van der Waals surface area contributed by atoms with Crippen molar-refractivity contribution < 1.29 is 9.21 Å². The van der Waals surface area contributed by atoms with Crippen molar-refractivity contribution in [2.75, 3.05) is 11.9 Å². The average Bonchev–Trinajstić information content (AvgIpc) is 2.64. The summed E-state index contributed by atoms with van der Waals surface area (Å²) in [4.78, 5) is 27.7. The fraction of sp³-hybridized carbons (Fsp3) is 0.250. The number of fused-ring (bicyclic) bond motifs is 2. The maximum atomic E-state index is 12.9. The van der Waals surface area contributed by atoms with Crippen LogP contribution in [0.15, 0.2) is 57.8 Å². The molecule has 2 aromatic carbocycles. The van der Waals surface area contributed by atoms with Gasteiger partial charge in [0.2, 0.25) is 5.78 Å². The number of carbonyl (C=O) groups excluding carboxylic acids is 1. The lowest BCUT2D eigenvalue weighted by Crippen LogP contribution is -2.42. The lowest BCUT2D eigenvalue weighted by molar-refractivity contribution is 0.103. The lowest BCUT2D eigenvalue weighted by Gasteiger charge is -2.40. The molecule has 0 radical (unpaired) electrons. The van der Waals surface area contributed by atoms with Crippen LogP contribution in [-0.4, -0.2) is 18.4 Å². The van der Waals surface area contributed by atoms with E-state index in [1.807, 2.05) is 38.2 Å². The van der Waals surface area contributed by atoms with Crippen LogP contribution < -0.4 is 10.5 Å². The van der Waals surface area contributed by atoms with Gasteiger partial charge < -0.3 is 9.32 Å². The number of allylic oxidation sites excluding steroid dienone is 1. The summed E-state index contributed by atoms with van der Waals surface area (Å²) in [5.41, 5.74) is 4.42. The summed E-state index contributed by atoms with van der Waals surface area (Å²) in [6.45, 7) is 8.23. The van der Waals surface area contributed by atoms with E-state index in [0.29, 0.717) is 11.1 Å². The van der Waals surface area contributed by atoms with E-state index >= 15 is 0 Å². The van der Waals surface area contributed by atoms with Gasteiger partial charge in [-0.1, -0.05) is 30.3 Å². The Morgan fingerprint density at radius 2 is 1.75 bits per heavy atom. The molecule has 4 heteroatoms. The highest BCUT2D eigenvalue weighted by Crippen LogP contribution is 2.39. The van der Waals surface area contributed by atoms with Gasteiger partial charge in [-0.2, -0.15) is 0 Å². The molecule has 1 aromatic heterocycles. The van der Waals surface area contributed by atoms with Gasteiger partial charge in [0.25, 0.3) is 0 Å². The smallest absolute Gasteiger partial charge is 0.347 e. The zero-order chi connectivity index (χ0) is 20.2. The summed E-state index contributed by atoms with van der Waals surface area (Å²) in [6, 6.07) is 12.8. The number of ketones is 1. The molecule has 3 aromatic rings. The molecule has 4 nitrogen and oxygen atoms in total. The number of nitrogens with zero attached hydrogens (tertiary/aromatic N) is 1. The number of hydrogen-bond acceptors (Lipinski definition) is 4. The molecule has 0 N–H and O–H groups in total. The molecule has 142 valence electrons. The second kappa shape index (κ2) is 6.20. The first kappa shape index (κ1) is 18.2. The monoisotopic (exact) mass is 373 g/mol. The first-order valence-electron chi connectivity index (χ1n) is 9.35. The second-order valence-electron chi connectivity index (χ2n) is 8.04. The summed E-state index contributed by atoms with van der Waals surface area (Å²) in [5.74, 6) is -0.308. The van der Waals surface area contributed by atoms with Crippen molar-refractivity contribution in [1.29, 1.82) is 0 Å². The highest BCUT2D eigenvalue weighted by atomic mass is 16.4. The summed E-state index contributed by atoms with van der Waals surface area (Å²) < 4.78 is 5.57. The number of hydrogen-bond donors (Lipinski definition) is 0. The van der Waals surface area contributed by atoms with Gasteiger partial charge in [-0.05, 0) is 51.0 Å². The molecule has 0 amide bonds. The van der Waals surface area contributed by atoms with Crippen LogP contribution in [0.25, 0.3) is 16.5 Å². The van der Waals surface area contributed by atoms with Crippen molar-refractivity contribution in [1.82, 2.24) is 0 Å². The normalized spacial score (nSPS) is 15.3. The molecule has 2 heterocycles. The Bertz CT molecular complexity index is 1210. The minimum atomic E-state index is -0.606. The Labute approximate surface area is 164 Å². The van der Waals surface area contributed by atoms with Crippen LogP contribution in [0.1, 0.15) is 47.8 Å². The van der Waals surface area contributed by atoms with Crippen molar-refractivity contribution in [2.24, 2.45) is 0 Å². The first-order valence-corrected chi connectivity index (χ1v) is 9.35. The van der Waals surface area contributed by atoms with Crippen LogP contribution in [-0.2, 0) is 0 Å². The topological polar surface area (TPSA) is 50.5 Å². The molecule has 4 rings (SSSR count). The van der Waals surface area contributed by atoms with E-state index < -0.39 is 5.63 Å². The third-order valence-corrected chi connectivity index (χ3v) is 5.71. The maximum Gasteiger partial charge on any atom is 0.347 e. The van der Waals surface area contributed by atoms with Crippen molar-refractivity contribution in [3.8, 4) is 0 Å². The van der Waals surface area contributed by atoms with E-state index in [9.17, 15) is 9.59 Å². The van der Waals surface area contributed by atoms with Crippen molar-refractivity contribution >= 4 is 28.0 Å². The Morgan fingerprint density at radius 3 is 2.46 bits per heavy atom. The highest BCUT2D eigenvalue weighted by molar-refractivity contribution is 6.11. The Morgan fingerprint density at radius 1 is 1.04 bits per heavy atom. The van der Waals surface area contributed by atoms with E-state index in [0.717, 1.165) is 27.8 Å².